The van der Waals surface area contributed by atoms with Crippen LogP contribution in [0.2, 0.25) is 0 Å². The second-order valence-corrected chi connectivity index (χ2v) is 9.32. The van der Waals surface area contributed by atoms with Gasteiger partial charge in [0.25, 0.3) is 0 Å². The molecule has 1 saturated carbocycles. The number of allylic oxidation sites excluding steroid dienone is 2. The van der Waals surface area contributed by atoms with Crippen molar-refractivity contribution in [3.8, 4) is 0 Å². The summed E-state index contributed by atoms with van der Waals surface area (Å²) in [5, 5.41) is 2.19. The molecule has 3 atom stereocenters. The van der Waals surface area contributed by atoms with Gasteiger partial charge in [-0.25, -0.2) is 8.42 Å². The molecule has 0 heterocycles. The summed E-state index contributed by atoms with van der Waals surface area (Å²) < 4.78 is 26.9. The number of rotatable bonds is 3. The van der Waals surface area contributed by atoms with E-state index in [-0.39, 0.29) is 5.92 Å². The molecule has 3 aromatic rings. The molecule has 3 heteroatoms. The first-order chi connectivity index (χ1) is 12.6. The van der Waals surface area contributed by atoms with Crippen LogP contribution in [0, 0.1) is 11.8 Å². The maximum absolute atomic E-state index is 13.4. The van der Waals surface area contributed by atoms with Crippen molar-refractivity contribution in [3.63, 3.8) is 0 Å². The van der Waals surface area contributed by atoms with Crippen LogP contribution in [0.1, 0.15) is 24.3 Å². The summed E-state index contributed by atoms with van der Waals surface area (Å²) in [4.78, 5) is 0.851. The van der Waals surface area contributed by atoms with E-state index < -0.39 is 9.84 Å². The van der Waals surface area contributed by atoms with E-state index in [0.717, 1.165) is 29.2 Å². The molecule has 0 amide bonds. The standard InChI is InChI=1S/C23H20O2S/c24-26(25,19-7-2-1-3-8-19)22-13-12-17-6-4-5-9-20(17)23(22)21-15-16-10-11-18(21)14-16/h1-13,16,18,21H,14-15H2. The van der Waals surface area contributed by atoms with E-state index in [4.69, 9.17) is 0 Å². The number of sulfone groups is 1. The SMILES string of the molecule is O=S(=O)(c1ccccc1)c1ccc2ccccc2c1C1CC2C=CC1C2. The number of hydrogen-bond donors (Lipinski definition) is 0. The van der Waals surface area contributed by atoms with Gasteiger partial charge in [-0.3, -0.25) is 0 Å². The van der Waals surface area contributed by atoms with Gasteiger partial charge in [-0.05, 0) is 65.1 Å². The van der Waals surface area contributed by atoms with E-state index >= 15 is 0 Å². The van der Waals surface area contributed by atoms with Crippen LogP contribution < -0.4 is 0 Å². The minimum absolute atomic E-state index is 0.282. The Morgan fingerprint density at radius 1 is 0.769 bits per heavy atom. The molecule has 0 spiro atoms. The quantitative estimate of drug-likeness (QED) is 0.590. The monoisotopic (exact) mass is 360 g/mol. The van der Waals surface area contributed by atoms with Gasteiger partial charge in [0.1, 0.15) is 0 Å². The van der Waals surface area contributed by atoms with Crippen molar-refractivity contribution in [2.45, 2.75) is 28.6 Å². The third-order valence-electron chi connectivity index (χ3n) is 5.92. The van der Waals surface area contributed by atoms with Crippen molar-refractivity contribution in [1.29, 1.82) is 0 Å². The van der Waals surface area contributed by atoms with Gasteiger partial charge < -0.3 is 0 Å². The first-order valence-electron chi connectivity index (χ1n) is 9.15. The van der Waals surface area contributed by atoms with Gasteiger partial charge in [0, 0.05) is 0 Å². The van der Waals surface area contributed by atoms with E-state index in [9.17, 15) is 8.42 Å². The summed E-state index contributed by atoms with van der Waals surface area (Å²) in [7, 11) is -3.54. The molecule has 3 aromatic carbocycles. The topological polar surface area (TPSA) is 34.1 Å². The maximum Gasteiger partial charge on any atom is 0.206 e. The van der Waals surface area contributed by atoms with E-state index in [1.165, 1.54) is 0 Å². The number of benzene rings is 3. The van der Waals surface area contributed by atoms with Crippen molar-refractivity contribution in [2.75, 3.05) is 0 Å². The minimum Gasteiger partial charge on any atom is -0.219 e. The van der Waals surface area contributed by atoms with E-state index in [1.807, 2.05) is 30.3 Å². The molecule has 5 rings (SSSR count). The summed E-state index contributed by atoms with van der Waals surface area (Å²) in [5.74, 6) is 1.33. The lowest BCUT2D eigenvalue weighted by molar-refractivity contribution is 0.568. The molecule has 2 nitrogen and oxygen atoms in total. The highest BCUT2D eigenvalue weighted by atomic mass is 32.2. The molecule has 3 unspecified atom stereocenters. The Morgan fingerprint density at radius 3 is 2.27 bits per heavy atom. The van der Waals surface area contributed by atoms with Crippen LogP contribution >= 0.6 is 0 Å². The zero-order valence-electron chi connectivity index (χ0n) is 14.4. The van der Waals surface area contributed by atoms with Crippen molar-refractivity contribution in [3.05, 3.63) is 84.4 Å². The van der Waals surface area contributed by atoms with Crippen LogP contribution in [0.4, 0.5) is 0 Å². The molecule has 2 bridgehead atoms. The Morgan fingerprint density at radius 2 is 1.54 bits per heavy atom. The minimum atomic E-state index is -3.54. The van der Waals surface area contributed by atoms with Gasteiger partial charge >= 0.3 is 0 Å². The fourth-order valence-corrected chi connectivity index (χ4v) is 6.30. The number of fused-ring (bicyclic) bond motifs is 3. The average molecular weight is 360 g/mol. The Balaban J connectivity index is 1.78. The first-order valence-corrected chi connectivity index (χ1v) is 10.6. The van der Waals surface area contributed by atoms with Gasteiger partial charge in [-0.15, -0.1) is 0 Å². The van der Waals surface area contributed by atoms with Crippen LogP contribution in [-0.4, -0.2) is 8.42 Å². The molecular weight excluding hydrogens is 340 g/mol. The number of hydrogen-bond acceptors (Lipinski definition) is 2. The fourth-order valence-electron chi connectivity index (χ4n) is 4.73. The van der Waals surface area contributed by atoms with Crippen molar-refractivity contribution < 1.29 is 8.42 Å². The molecule has 0 aliphatic heterocycles. The predicted molar refractivity (Wildman–Crippen MR) is 104 cm³/mol. The van der Waals surface area contributed by atoms with Gasteiger partial charge in [0.05, 0.1) is 9.79 Å². The van der Waals surface area contributed by atoms with Gasteiger partial charge in [0.15, 0.2) is 0 Å². The summed E-state index contributed by atoms with van der Waals surface area (Å²) in [6.07, 6.45) is 6.79. The average Bonchev–Trinajstić information content (AvgIpc) is 3.31. The lowest BCUT2D eigenvalue weighted by atomic mass is 9.84. The Labute approximate surface area is 154 Å². The lowest BCUT2D eigenvalue weighted by Gasteiger charge is -2.24. The third-order valence-corrected chi connectivity index (χ3v) is 7.75. The van der Waals surface area contributed by atoms with E-state index in [2.05, 4.69) is 24.3 Å². The smallest absolute Gasteiger partial charge is 0.206 e. The van der Waals surface area contributed by atoms with Gasteiger partial charge in [-0.2, -0.15) is 0 Å². The maximum atomic E-state index is 13.4. The molecule has 26 heavy (non-hydrogen) atoms. The normalized spacial score (nSPS) is 24.4. The largest absolute Gasteiger partial charge is 0.219 e. The van der Waals surface area contributed by atoms with E-state index in [0.29, 0.717) is 21.6 Å². The Bertz CT molecular complexity index is 1110. The van der Waals surface area contributed by atoms with Crippen LogP contribution in [0.25, 0.3) is 10.8 Å². The van der Waals surface area contributed by atoms with Crippen LogP contribution in [0.5, 0.6) is 0 Å². The predicted octanol–water partition coefficient (Wildman–Crippen LogP) is 5.35. The summed E-state index contributed by atoms with van der Waals surface area (Å²) in [5.41, 5.74) is 1.02. The molecule has 0 radical (unpaired) electrons. The molecule has 0 aromatic heterocycles. The van der Waals surface area contributed by atoms with E-state index in [1.54, 1.807) is 24.3 Å². The van der Waals surface area contributed by atoms with Crippen molar-refractivity contribution in [2.24, 2.45) is 11.8 Å². The molecule has 2 aliphatic carbocycles. The summed E-state index contributed by atoms with van der Waals surface area (Å²) in [6.45, 7) is 0. The van der Waals surface area contributed by atoms with Gasteiger partial charge in [-0.1, -0.05) is 60.7 Å². The first kappa shape index (κ1) is 15.8. The van der Waals surface area contributed by atoms with Crippen LogP contribution in [0.15, 0.2) is 88.7 Å². The fraction of sp³-hybridized carbons (Fsp3) is 0.217. The Kier molecular flexibility index (Phi) is 3.54. The molecule has 130 valence electrons. The molecule has 0 saturated heterocycles. The van der Waals surface area contributed by atoms with Crippen molar-refractivity contribution >= 4 is 20.6 Å². The van der Waals surface area contributed by atoms with Crippen molar-refractivity contribution in [1.82, 2.24) is 0 Å². The molecule has 2 aliphatic rings. The Hall–Kier alpha value is -2.39. The molecule has 1 fully saturated rings. The zero-order valence-corrected chi connectivity index (χ0v) is 15.2. The second-order valence-electron chi connectivity index (χ2n) is 7.40. The molecule has 0 N–H and O–H groups in total. The van der Waals surface area contributed by atoms with Crippen LogP contribution in [0.3, 0.4) is 0 Å². The summed E-state index contributed by atoms with van der Waals surface area (Å²) >= 11 is 0. The second kappa shape index (κ2) is 5.82. The van der Waals surface area contributed by atoms with Gasteiger partial charge in [0.2, 0.25) is 9.84 Å². The highest BCUT2D eigenvalue weighted by Gasteiger charge is 2.39. The molecular formula is C23H20O2S. The highest BCUT2D eigenvalue weighted by molar-refractivity contribution is 7.91. The third kappa shape index (κ3) is 2.34. The van der Waals surface area contributed by atoms with Crippen LogP contribution in [-0.2, 0) is 9.84 Å². The summed E-state index contributed by atoms with van der Waals surface area (Å²) in [6, 6.07) is 20.7. The highest BCUT2D eigenvalue weighted by Crippen LogP contribution is 2.52. The zero-order chi connectivity index (χ0) is 17.7. The lowest BCUT2D eigenvalue weighted by Crippen LogP contribution is -2.13.